The molecule has 2 aromatic carbocycles. The Balaban J connectivity index is 0.00000171. The molecule has 1 amide bonds. The first kappa shape index (κ1) is 25.4. The minimum absolute atomic E-state index is 0. The summed E-state index contributed by atoms with van der Waals surface area (Å²) in [5.74, 6) is 0.893. The van der Waals surface area contributed by atoms with Crippen LogP contribution >= 0.6 is 24.8 Å². The second-order valence-electron chi connectivity index (χ2n) is 8.14. The summed E-state index contributed by atoms with van der Waals surface area (Å²) in [6, 6.07) is 13.1. The van der Waals surface area contributed by atoms with Crippen molar-refractivity contribution in [3.05, 3.63) is 65.0 Å². The molecule has 2 saturated heterocycles. The number of benzene rings is 2. The van der Waals surface area contributed by atoms with Crippen LogP contribution in [0.25, 0.3) is 0 Å². The van der Waals surface area contributed by atoms with Crippen molar-refractivity contribution in [2.45, 2.75) is 12.5 Å². The number of carbonyl (C=O) groups is 1. The molecule has 5 nitrogen and oxygen atoms in total. The van der Waals surface area contributed by atoms with E-state index in [-0.39, 0.29) is 42.3 Å². The van der Waals surface area contributed by atoms with Crippen LogP contribution < -0.4 is 10.5 Å². The van der Waals surface area contributed by atoms with Gasteiger partial charge in [-0.1, -0.05) is 18.2 Å². The second kappa shape index (κ2) is 10.6. The van der Waals surface area contributed by atoms with E-state index in [0.29, 0.717) is 37.9 Å². The Morgan fingerprint density at radius 2 is 1.84 bits per heavy atom. The zero-order valence-electron chi connectivity index (χ0n) is 17.8. The van der Waals surface area contributed by atoms with Crippen LogP contribution in [0.3, 0.4) is 0 Å². The third-order valence-electron chi connectivity index (χ3n) is 6.33. The van der Waals surface area contributed by atoms with E-state index in [9.17, 15) is 9.18 Å². The zero-order valence-corrected chi connectivity index (χ0v) is 19.4. The average molecular weight is 470 g/mol. The molecule has 0 spiro atoms. The maximum absolute atomic E-state index is 14.4. The fourth-order valence-corrected chi connectivity index (χ4v) is 4.96. The van der Waals surface area contributed by atoms with E-state index >= 15 is 0 Å². The van der Waals surface area contributed by atoms with Gasteiger partial charge in [0, 0.05) is 31.6 Å². The lowest BCUT2D eigenvalue weighted by Gasteiger charge is -2.27. The molecule has 0 bridgehead atoms. The fourth-order valence-electron chi connectivity index (χ4n) is 4.96. The Labute approximate surface area is 195 Å². The Hall–Kier alpha value is -1.86. The van der Waals surface area contributed by atoms with Crippen LogP contribution in [-0.4, -0.2) is 56.0 Å². The number of nitrogens with zero attached hydrogens (tertiary/aromatic N) is 2. The minimum Gasteiger partial charge on any atom is -0.497 e. The number of amides is 1. The van der Waals surface area contributed by atoms with Gasteiger partial charge in [-0.25, -0.2) is 4.39 Å². The molecule has 170 valence electrons. The summed E-state index contributed by atoms with van der Waals surface area (Å²) < 4.78 is 19.7. The Kier molecular flexibility index (Phi) is 8.72. The van der Waals surface area contributed by atoms with Crippen molar-refractivity contribution in [1.82, 2.24) is 9.80 Å². The van der Waals surface area contributed by atoms with Gasteiger partial charge < -0.3 is 15.4 Å². The Morgan fingerprint density at radius 3 is 2.48 bits per heavy atom. The van der Waals surface area contributed by atoms with Crippen LogP contribution in [-0.2, 0) is 6.42 Å². The van der Waals surface area contributed by atoms with E-state index < -0.39 is 5.82 Å². The summed E-state index contributed by atoms with van der Waals surface area (Å²) in [4.78, 5) is 17.3. The highest BCUT2D eigenvalue weighted by atomic mass is 35.5. The van der Waals surface area contributed by atoms with Gasteiger partial charge in [0.05, 0.1) is 12.7 Å². The van der Waals surface area contributed by atoms with Crippen LogP contribution in [0.2, 0.25) is 0 Å². The van der Waals surface area contributed by atoms with Crippen molar-refractivity contribution in [1.29, 1.82) is 0 Å². The highest BCUT2D eigenvalue weighted by Gasteiger charge is 2.47. The van der Waals surface area contributed by atoms with Crippen molar-refractivity contribution >= 4 is 30.7 Å². The lowest BCUT2D eigenvalue weighted by atomic mass is 9.89. The SMILES string of the molecule is COc1ccc([C@@H]2[C@@H]3CN(C(=O)c4cc(CCN)ccc4F)C[C@@H]3CN2C)cc1.Cl.Cl. The monoisotopic (exact) mass is 469 g/mol. The number of carbonyl (C=O) groups excluding carboxylic acids is 1. The summed E-state index contributed by atoms with van der Waals surface area (Å²) in [5.41, 5.74) is 7.89. The maximum Gasteiger partial charge on any atom is 0.256 e. The van der Waals surface area contributed by atoms with Crippen LogP contribution in [0, 0.1) is 17.7 Å². The van der Waals surface area contributed by atoms with Gasteiger partial charge in [-0.3, -0.25) is 9.69 Å². The first-order valence-electron chi connectivity index (χ1n) is 10.1. The van der Waals surface area contributed by atoms with Crippen molar-refractivity contribution < 1.29 is 13.9 Å². The summed E-state index contributed by atoms with van der Waals surface area (Å²) in [7, 11) is 3.80. The molecular weight excluding hydrogens is 440 g/mol. The van der Waals surface area contributed by atoms with Crippen LogP contribution in [0.4, 0.5) is 4.39 Å². The third-order valence-corrected chi connectivity index (χ3v) is 6.33. The molecule has 2 aliphatic heterocycles. The molecule has 0 aromatic heterocycles. The van der Waals surface area contributed by atoms with Gasteiger partial charge in [-0.2, -0.15) is 0 Å². The number of nitrogens with two attached hydrogens (primary N) is 1. The van der Waals surface area contributed by atoms with Gasteiger partial charge in [0.2, 0.25) is 0 Å². The van der Waals surface area contributed by atoms with Crippen LogP contribution in [0.5, 0.6) is 5.75 Å². The van der Waals surface area contributed by atoms with E-state index in [1.165, 1.54) is 11.6 Å². The largest absolute Gasteiger partial charge is 0.497 e. The molecule has 0 radical (unpaired) electrons. The number of likely N-dealkylation sites (tertiary alicyclic amines) is 2. The molecule has 0 saturated carbocycles. The van der Waals surface area contributed by atoms with Crippen molar-refractivity contribution in [2.24, 2.45) is 17.6 Å². The van der Waals surface area contributed by atoms with Gasteiger partial charge in [-0.15, -0.1) is 24.8 Å². The molecule has 0 aliphatic carbocycles. The second-order valence-corrected chi connectivity index (χ2v) is 8.14. The van der Waals surface area contributed by atoms with E-state index in [1.54, 1.807) is 19.2 Å². The normalized spacial score (nSPS) is 22.5. The smallest absolute Gasteiger partial charge is 0.256 e. The number of hydrogen-bond donors (Lipinski definition) is 1. The zero-order chi connectivity index (χ0) is 20.5. The number of rotatable bonds is 5. The molecule has 31 heavy (non-hydrogen) atoms. The molecule has 2 aliphatic rings. The van der Waals surface area contributed by atoms with E-state index in [1.807, 2.05) is 17.0 Å². The number of hydrogen-bond acceptors (Lipinski definition) is 4. The lowest BCUT2D eigenvalue weighted by Crippen LogP contribution is -2.34. The van der Waals surface area contributed by atoms with Gasteiger partial charge in [0.15, 0.2) is 0 Å². The highest BCUT2D eigenvalue weighted by Crippen LogP contribution is 2.44. The summed E-state index contributed by atoms with van der Waals surface area (Å²) in [6.45, 7) is 2.72. The number of halogens is 3. The number of methoxy groups -OCH3 is 1. The van der Waals surface area contributed by atoms with Crippen molar-refractivity contribution in [3.63, 3.8) is 0 Å². The van der Waals surface area contributed by atoms with Gasteiger partial charge in [0.1, 0.15) is 11.6 Å². The quantitative estimate of drug-likeness (QED) is 0.726. The lowest BCUT2D eigenvalue weighted by molar-refractivity contribution is 0.0763. The molecule has 2 aromatic rings. The standard InChI is InChI=1S/C23H28FN3O2.2ClH/c1-26-12-17-13-27(23(28)19-11-15(9-10-25)3-8-21(19)24)14-20(17)22(26)16-4-6-18(29-2)7-5-16;;/h3-8,11,17,20,22H,9-10,12-14,25H2,1-2H3;2*1H/t17-,20+,22+;;/m0../s1. The summed E-state index contributed by atoms with van der Waals surface area (Å²) in [6.07, 6.45) is 0.635. The highest BCUT2D eigenvalue weighted by molar-refractivity contribution is 5.95. The molecule has 0 unspecified atom stereocenters. The molecule has 3 atom stereocenters. The predicted molar refractivity (Wildman–Crippen MR) is 125 cm³/mol. The molecule has 2 fully saturated rings. The Morgan fingerprint density at radius 1 is 1.13 bits per heavy atom. The van der Waals surface area contributed by atoms with Crippen molar-refractivity contribution in [3.8, 4) is 5.75 Å². The minimum atomic E-state index is -0.461. The average Bonchev–Trinajstić information content (AvgIpc) is 3.26. The van der Waals surface area contributed by atoms with Gasteiger partial charge >= 0.3 is 0 Å². The fraction of sp³-hybridized carbons (Fsp3) is 0.435. The van der Waals surface area contributed by atoms with E-state index in [2.05, 4.69) is 24.1 Å². The van der Waals surface area contributed by atoms with E-state index in [4.69, 9.17) is 10.5 Å². The third kappa shape index (κ3) is 4.98. The first-order valence-corrected chi connectivity index (χ1v) is 10.1. The van der Waals surface area contributed by atoms with Crippen LogP contribution in [0.15, 0.2) is 42.5 Å². The van der Waals surface area contributed by atoms with Gasteiger partial charge in [-0.05, 0) is 61.3 Å². The number of fused-ring (bicyclic) bond motifs is 1. The van der Waals surface area contributed by atoms with Crippen molar-refractivity contribution in [2.75, 3.05) is 40.3 Å². The first-order chi connectivity index (χ1) is 14.0. The molecule has 4 rings (SSSR count). The Bertz CT molecular complexity index is 897. The van der Waals surface area contributed by atoms with E-state index in [0.717, 1.165) is 17.9 Å². The van der Waals surface area contributed by atoms with Gasteiger partial charge in [0.25, 0.3) is 5.91 Å². The molecular formula is C23H30Cl2FN3O2. The predicted octanol–water partition coefficient (Wildman–Crippen LogP) is 3.55. The maximum atomic E-state index is 14.4. The van der Waals surface area contributed by atoms with Crippen LogP contribution in [0.1, 0.15) is 27.5 Å². The topological polar surface area (TPSA) is 58.8 Å². The summed E-state index contributed by atoms with van der Waals surface area (Å²) >= 11 is 0. The molecule has 2 N–H and O–H groups in total. The number of ether oxygens (including phenoxy) is 1. The molecule has 8 heteroatoms. The molecule has 2 heterocycles. The summed E-state index contributed by atoms with van der Waals surface area (Å²) in [5, 5.41) is 0.